The van der Waals surface area contributed by atoms with Gasteiger partial charge in [-0.15, -0.1) is 0 Å². The van der Waals surface area contributed by atoms with Gasteiger partial charge in [-0.1, -0.05) is 12.1 Å². The van der Waals surface area contributed by atoms with Gasteiger partial charge < -0.3 is 10.4 Å². The van der Waals surface area contributed by atoms with Gasteiger partial charge in [-0.25, -0.2) is 4.79 Å². The number of nitrogens with one attached hydrogen (secondary N) is 1. The summed E-state index contributed by atoms with van der Waals surface area (Å²) in [5.74, 6) is -0.984. The SMILES string of the molecule is N#Cc1ccc(CN/C=C/C(=O)O)cc1. The molecule has 0 bridgehead atoms. The molecule has 4 nitrogen and oxygen atoms in total. The summed E-state index contributed by atoms with van der Waals surface area (Å²) in [5.41, 5.74) is 1.60. The molecule has 15 heavy (non-hydrogen) atoms. The van der Waals surface area contributed by atoms with E-state index in [1.165, 1.54) is 6.20 Å². The highest BCUT2D eigenvalue weighted by Gasteiger charge is 1.92. The fourth-order valence-electron chi connectivity index (χ4n) is 1.00. The quantitative estimate of drug-likeness (QED) is 0.720. The van der Waals surface area contributed by atoms with Gasteiger partial charge in [0.15, 0.2) is 0 Å². The van der Waals surface area contributed by atoms with Crippen molar-refractivity contribution in [3.05, 3.63) is 47.7 Å². The van der Waals surface area contributed by atoms with Crippen LogP contribution in [-0.4, -0.2) is 11.1 Å². The number of hydrogen-bond donors (Lipinski definition) is 2. The molecule has 0 radical (unpaired) electrons. The average molecular weight is 202 g/mol. The molecule has 0 aliphatic carbocycles. The van der Waals surface area contributed by atoms with Crippen molar-refractivity contribution in [2.45, 2.75) is 6.54 Å². The molecule has 0 unspecified atom stereocenters. The van der Waals surface area contributed by atoms with E-state index in [1.807, 2.05) is 18.2 Å². The van der Waals surface area contributed by atoms with E-state index < -0.39 is 5.97 Å². The van der Waals surface area contributed by atoms with E-state index in [2.05, 4.69) is 5.32 Å². The predicted octanol–water partition coefficient (Wildman–Crippen LogP) is 1.25. The Bertz CT molecular complexity index is 402. The summed E-state index contributed by atoms with van der Waals surface area (Å²) in [5, 5.41) is 19.7. The van der Waals surface area contributed by atoms with Crippen molar-refractivity contribution < 1.29 is 9.90 Å². The Morgan fingerprint density at radius 3 is 2.67 bits per heavy atom. The molecule has 2 N–H and O–H groups in total. The molecule has 0 aliphatic heterocycles. The number of carbonyl (C=O) groups is 1. The maximum Gasteiger partial charge on any atom is 0.329 e. The minimum atomic E-state index is -0.984. The van der Waals surface area contributed by atoms with Crippen LogP contribution in [0.15, 0.2) is 36.5 Å². The maximum absolute atomic E-state index is 10.1. The molecule has 0 aliphatic rings. The van der Waals surface area contributed by atoms with Crippen molar-refractivity contribution in [2.24, 2.45) is 0 Å². The van der Waals surface area contributed by atoms with E-state index in [9.17, 15) is 4.79 Å². The van der Waals surface area contributed by atoms with Crippen molar-refractivity contribution >= 4 is 5.97 Å². The second-order valence-corrected chi connectivity index (χ2v) is 2.86. The monoisotopic (exact) mass is 202 g/mol. The van der Waals surface area contributed by atoms with Gasteiger partial charge in [0.25, 0.3) is 0 Å². The number of nitrogens with zero attached hydrogens (tertiary/aromatic N) is 1. The molecule has 0 aromatic heterocycles. The summed E-state index contributed by atoms with van der Waals surface area (Å²) in [6.07, 6.45) is 2.41. The van der Waals surface area contributed by atoms with Crippen molar-refractivity contribution in [2.75, 3.05) is 0 Å². The van der Waals surface area contributed by atoms with Gasteiger partial charge in [-0.3, -0.25) is 0 Å². The highest BCUT2D eigenvalue weighted by molar-refractivity contribution is 5.79. The van der Waals surface area contributed by atoms with Crippen LogP contribution >= 0.6 is 0 Å². The molecule has 0 saturated heterocycles. The molecule has 0 spiro atoms. The molecule has 0 saturated carbocycles. The summed E-state index contributed by atoms with van der Waals surface area (Å²) in [4.78, 5) is 10.1. The topological polar surface area (TPSA) is 73.1 Å². The molecule has 76 valence electrons. The number of rotatable bonds is 4. The van der Waals surface area contributed by atoms with E-state index >= 15 is 0 Å². The fraction of sp³-hybridized carbons (Fsp3) is 0.0909. The number of carboxylic acid groups (broad SMARTS) is 1. The lowest BCUT2D eigenvalue weighted by Gasteiger charge is -2.00. The molecule has 1 aromatic carbocycles. The molecule has 1 rings (SSSR count). The van der Waals surface area contributed by atoms with Crippen LogP contribution in [0.1, 0.15) is 11.1 Å². The Hall–Kier alpha value is -2.28. The average Bonchev–Trinajstić information content (AvgIpc) is 2.25. The van der Waals surface area contributed by atoms with Gasteiger partial charge in [0.2, 0.25) is 0 Å². The minimum absolute atomic E-state index is 0.537. The summed E-state index contributed by atoms with van der Waals surface area (Å²) >= 11 is 0. The summed E-state index contributed by atoms with van der Waals surface area (Å²) in [6, 6.07) is 9.10. The molecule has 0 fully saturated rings. The van der Waals surface area contributed by atoms with Gasteiger partial charge in [-0.05, 0) is 17.7 Å². The molecular formula is C11H10N2O2. The first-order valence-corrected chi connectivity index (χ1v) is 4.34. The van der Waals surface area contributed by atoms with Crippen LogP contribution in [0.25, 0.3) is 0 Å². The first kappa shape index (κ1) is 10.8. The molecule has 0 amide bonds. The summed E-state index contributed by atoms with van der Waals surface area (Å²) in [7, 11) is 0. The second-order valence-electron chi connectivity index (χ2n) is 2.86. The third kappa shape index (κ3) is 3.96. The Kier molecular flexibility index (Phi) is 3.92. The zero-order chi connectivity index (χ0) is 11.1. The molecule has 0 atom stereocenters. The van der Waals surface area contributed by atoms with Crippen molar-refractivity contribution in [3.63, 3.8) is 0 Å². The van der Waals surface area contributed by atoms with Crippen molar-refractivity contribution in [1.82, 2.24) is 5.32 Å². The number of nitriles is 1. The lowest BCUT2D eigenvalue weighted by molar-refractivity contribution is -0.131. The van der Waals surface area contributed by atoms with Crippen molar-refractivity contribution in [3.8, 4) is 6.07 Å². The number of benzene rings is 1. The zero-order valence-corrected chi connectivity index (χ0v) is 7.97. The third-order valence-corrected chi connectivity index (χ3v) is 1.73. The molecular weight excluding hydrogens is 192 g/mol. The van der Waals surface area contributed by atoms with E-state index in [0.29, 0.717) is 12.1 Å². The summed E-state index contributed by atoms with van der Waals surface area (Å²) in [6.45, 7) is 0.537. The van der Waals surface area contributed by atoms with E-state index in [4.69, 9.17) is 10.4 Å². The zero-order valence-electron chi connectivity index (χ0n) is 7.97. The van der Waals surface area contributed by atoms with Crippen molar-refractivity contribution in [1.29, 1.82) is 5.26 Å². The Balaban J connectivity index is 2.45. The first-order valence-electron chi connectivity index (χ1n) is 4.34. The molecule has 1 aromatic rings. The maximum atomic E-state index is 10.1. The van der Waals surface area contributed by atoms with Gasteiger partial charge >= 0.3 is 5.97 Å². The van der Waals surface area contributed by atoms with Crippen LogP contribution < -0.4 is 5.32 Å². The summed E-state index contributed by atoms with van der Waals surface area (Å²) < 4.78 is 0. The lowest BCUT2D eigenvalue weighted by Crippen LogP contribution is -2.05. The van der Waals surface area contributed by atoms with Gasteiger partial charge in [0, 0.05) is 18.8 Å². The minimum Gasteiger partial charge on any atom is -0.478 e. The van der Waals surface area contributed by atoms with Crippen LogP contribution in [0.3, 0.4) is 0 Å². The largest absolute Gasteiger partial charge is 0.478 e. The predicted molar refractivity (Wildman–Crippen MR) is 54.8 cm³/mol. The molecule has 0 heterocycles. The van der Waals surface area contributed by atoms with Crippen LogP contribution in [-0.2, 0) is 11.3 Å². The highest BCUT2D eigenvalue weighted by Crippen LogP contribution is 2.02. The standard InChI is InChI=1S/C11H10N2O2/c12-7-9-1-3-10(4-2-9)8-13-6-5-11(14)15/h1-6,13H,8H2,(H,14,15)/b6-5+. The van der Waals surface area contributed by atoms with Crippen LogP contribution in [0.2, 0.25) is 0 Å². The first-order chi connectivity index (χ1) is 7.22. The number of aliphatic carboxylic acids is 1. The third-order valence-electron chi connectivity index (χ3n) is 1.73. The van der Waals surface area contributed by atoms with Crippen LogP contribution in [0.4, 0.5) is 0 Å². The number of carboxylic acids is 1. The van der Waals surface area contributed by atoms with E-state index in [-0.39, 0.29) is 0 Å². The van der Waals surface area contributed by atoms with E-state index in [1.54, 1.807) is 12.1 Å². The smallest absolute Gasteiger partial charge is 0.329 e. The van der Waals surface area contributed by atoms with Crippen LogP contribution in [0.5, 0.6) is 0 Å². The van der Waals surface area contributed by atoms with Gasteiger partial charge in [0.05, 0.1) is 11.6 Å². The number of hydrogen-bond acceptors (Lipinski definition) is 3. The normalized spacial score (nSPS) is 9.80. The van der Waals surface area contributed by atoms with Gasteiger partial charge in [0.1, 0.15) is 0 Å². The van der Waals surface area contributed by atoms with Gasteiger partial charge in [-0.2, -0.15) is 5.26 Å². The Labute approximate surface area is 87.5 Å². The van der Waals surface area contributed by atoms with Crippen LogP contribution in [0, 0.1) is 11.3 Å². The Morgan fingerprint density at radius 1 is 1.47 bits per heavy atom. The molecule has 4 heteroatoms. The lowest BCUT2D eigenvalue weighted by atomic mass is 10.1. The Morgan fingerprint density at radius 2 is 2.13 bits per heavy atom. The second kappa shape index (κ2) is 5.45. The highest BCUT2D eigenvalue weighted by atomic mass is 16.4. The fourth-order valence-corrected chi connectivity index (χ4v) is 1.00. The van der Waals surface area contributed by atoms with E-state index in [0.717, 1.165) is 11.6 Å².